The Morgan fingerprint density at radius 2 is 1.87 bits per heavy atom. The molecular formula is C18H22O5. The first-order valence-corrected chi connectivity index (χ1v) is 8.33. The van der Waals surface area contributed by atoms with Crippen LogP contribution < -0.4 is 0 Å². The van der Waals surface area contributed by atoms with Crippen molar-refractivity contribution >= 4 is 17.5 Å². The highest BCUT2D eigenvalue weighted by Crippen LogP contribution is 2.65. The molecular weight excluding hydrogens is 296 g/mol. The van der Waals surface area contributed by atoms with Crippen LogP contribution >= 0.6 is 0 Å². The van der Waals surface area contributed by atoms with Crippen molar-refractivity contribution in [3.8, 4) is 0 Å². The standard InChI is InChI=1S/C18H22O5/c1-7-5-10(19)17(3)9(7)6-11(20)18(4)12-8(2)14(23-16(12)22)13(21)15(17)18/h6-8,12-15,21H,5H2,1-4H3. The van der Waals surface area contributed by atoms with Gasteiger partial charge in [-0.15, -0.1) is 0 Å². The lowest BCUT2D eigenvalue weighted by Gasteiger charge is -2.55. The number of esters is 1. The molecule has 124 valence electrons. The number of rotatable bonds is 0. The van der Waals surface area contributed by atoms with E-state index in [0.717, 1.165) is 5.57 Å². The quantitative estimate of drug-likeness (QED) is 0.681. The molecule has 3 fully saturated rings. The van der Waals surface area contributed by atoms with E-state index in [1.807, 2.05) is 20.8 Å². The largest absolute Gasteiger partial charge is 0.459 e. The summed E-state index contributed by atoms with van der Waals surface area (Å²) in [6.45, 7) is 7.36. The van der Waals surface area contributed by atoms with Crippen molar-refractivity contribution in [2.75, 3.05) is 0 Å². The molecule has 1 heterocycles. The number of aliphatic hydroxyl groups excluding tert-OH is 1. The lowest BCUT2D eigenvalue weighted by atomic mass is 9.45. The van der Waals surface area contributed by atoms with Gasteiger partial charge in [-0.2, -0.15) is 0 Å². The third-order valence-corrected chi connectivity index (χ3v) is 7.16. The van der Waals surface area contributed by atoms with Crippen molar-refractivity contribution in [2.45, 2.75) is 46.3 Å². The van der Waals surface area contributed by atoms with Gasteiger partial charge in [0, 0.05) is 18.3 Å². The Kier molecular flexibility index (Phi) is 2.70. The molecule has 1 N–H and O–H groups in total. The number of aliphatic hydroxyl groups is 1. The molecule has 0 aromatic heterocycles. The van der Waals surface area contributed by atoms with Crippen molar-refractivity contribution in [1.82, 2.24) is 0 Å². The minimum absolute atomic E-state index is 0.00169. The summed E-state index contributed by atoms with van der Waals surface area (Å²) in [5.41, 5.74) is -1.15. The predicted octanol–water partition coefficient (Wildman–Crippen LogP) is 1.29. The van der Waals surface area contributed by atoms with Crippen LogP contribution in [0.3, 0.4) is 0 Å². The highest BCUT2D eigenvalue weighted by molar-refractivity contribution is 6.05. The molecule has 1 saturated heterocycles. The molecule has 2 bridgehead atoms. The first-order valence-electron chi connectivity index (χ1n) is 8.33. The first kappa shape index (κ1) is 15.1. The molecule has 5 nitrogen and oxygen atoms in total. The van der Waals surface area contributed by atoms with E-state index in [0.29, 0.717) is 6.42 Å². The number of ketones is 2. The molecule has 2 saturated carbocycles. The van der Waals surface area contributed by atoms with E-state index in [-0.39, 0.29) is 23.4 Å². The fourth-order valence-electron chi connectivity index (χ4n) is 6.09. The minimum Gasteiger partial charge on any atom is -0.459 e. The second-order valence-corrected chi connectivity index (χ2v) is 8.18. The highest BCUT2D eigenvalue weighted by atomic mass is 16.6. The smallest absolute Gasteiger partial charge is 0.310 e. The van der Waals surface area contributed by atoms with Crippen LogP contribution in [0.5, 0.6) is 0 Å². The highest BCUT2D eigenvalue weighted by Gasteiger charge is 2.73. The average Bonchev–Trinajstić information content (AvgIpc) is 2.83. The van der Waals surface area contributed by atoms with Gasteiger partial charge in [0.1, 0.15) is 11.9 Å². The zero-order valence-electron chi connectivity index (χ0n) is 13.8. The first-order chi connectivity index (χ1) is 10.6. The number of hydrogen-bond donors (Lipinski definition) is 1. The molecule has 0 spiro atoms. The second kappa shape index (κ2) is 4.12. The number of carbonyl (C=O) groups is 3. The van der Waals surface area contributed by atoms with E-state index in [9.17, 15) is 19.5 Å². The molecule has 0 amide bonds. The molecule has 3 aliphatic carbocycles. The number of Topliss-reactive ketones (excluding diaryl/α,β-unsaturated/α-hetero) is 1. The Hall–Kier alpha value is -1.49. The Bertz CT molecular complexity index is 679. The SMILES string of the molecule is CC1CC(=O)C2(C)C1=CC(=O)C1(C)C3C(=O)OC(C3C)C(O)C21. The molecule has 1 aliphatic heterocycles. The maximum absolute atomic E-state index is 13.0. The summed E-state index contributed by atoms with van der Waals surface area (Å²) in [7, 11) is 0. The normalized spacial score (nSPS) is 54.5. The van der Waals surface area contributed by atoms with Crippen LogP contribution in [0.2, 0.25) is 0 Å². The zero-order valence-corrected chi connectivity index (χ0v) is 13.8. The fourth-order valence-corrected chi connectivity index (χ4v) is 6.09. The minimum atomic E-state index is -1.08. The Morgan fingerprint density at radius 1 is 1.22 bits per heavy atom. The van der Waals surface area contributed by atoms with E-state index in [2.05, 4.69) is 0 Å². The van der Waals surface area contributed by atoms with Crippen LogP contribution in [-0.4, -0.2) is 34.9 Å². The Labute approximate surface area is 135 Å². The third kappa shape index (κ3) is 1.41. The number of fused-ring (bicyclic) bond motifs is 6. The van der Waals surface area contributed by atoms with Crippen molar-refractivity contribution in [2.24, 2.45) is 34.5 Å². The van der Waals surface area contributed by atoms with Gasteiger partial charge in [-0.1, -0.05) is 20.8 Å². The summed E-state index contributed by atoms with van der Waals surface area (Å²) in [5.74, 6) is -1.93. The van der Waals surface area contributed by atoms with Gasteiger partial charge in [0.25, 0.3) is 0 Å². The average molecular weight is 318 g/mol. The van der Waals surface area contributed by atoms with Gasteiger partial charge >= 0.3 is 5.97 Å². The summed E-state index contributed by atoms with van der Waals surface area (Å²) in [6, 6.07) is 0. The van der Waals surface area contributed by atoms with Gasteiger partial charge in [-0.3, -0.25) is 14.4 Å². The second-order valence-electron chi connectivity index (χ2n) is 8.18. The number of ether oxygens (including phenoxy) is 1. The summed E-state index contributed by atoms with van der Waals surface area (Å²) in [4.78, 5) is 38.2. The topological polar surface area (TPSA) is 80.7 Å². The van der Waals surface area contributed by atoms with Gasteiger partial charge < -0.3 is 9.84 Å². The molecule has 4 aliphatic rings. The van der Waals surface area contributed by atoms with Crippen LogP contribution in [0, 0.1) is 34.5 Å². The lowest BCUT2D eigenvalue weighted by Crippen LogP contribution is -2.64. The van der Waals surface area contributed by atoms with Crippen molar-refractivity contribution < 1.29 is 24.2 Å². The van der Waals surface area contributed by atoms with E-state index in [4.69, 9.17) is 4.74 Å². The molecule has 23 heavy (non-hydrogen) atoms. The molecule has 8 unspecified atom stereocenters. The maximum Gasteiger partial charge on any atom is 0.310 e. The van der Waals surface area contributed by atoms with Crippen LogP contribution in [-0.2, 0) is 19.1 Å². The van der Waals surface area contributed by atoms with Gasteiger partial charge in [-0.05, 0) is 24.5 Å². The van der Waals surface area contributed by atoms with Crippen LogP contribution in [0.1, 0.15) is 34.1 Å². The monoisotopic (exact) mass is 318 g/mol. The van der Waals surface area contributed by atoms with E-state index < -0.39 is 40.8 Å². The number of carbonyl (C=O) groups excluding carboxylic acids is 3. The molecule has 0 radical (unpaired) electrons. The zero-order chi connectivity index (χ0) is 16.9. The fraction of sp³-hybridized carbons (Fsp3) is 0.722. The van der Waals surface area contributed by atoms with Crippen molar-refractivity contribution in [3.63, 3.8) is 0 Å². The van der Waals surface area contributed by atoms with E-state index in [1.165, 1.54) is 0 Å². The number of allylic oxidation sites excluding steroid dienone is 2. The lowest BCUT2D eigenvalue weighted by molar-refractivity contribution is -0.166. The van der Waals surface area contributed by atoms with Gasteiger partial charge in [0.2, 0.25) is 0 Å². The van der Waals surface area contributed by atoms with E-state index >= 15 is 0 Å². The molecule has 0 aromatic rings. The summed E-state index contributed by atoms with van der Waals surface area (Å²) >= 11 is 0. The summed E-state index contributed by atoms with van der Waals surface area (Å²) in [6.07, 6.45) is 0.342. The van der Waals surface area contributed by atoms with Crippen LogP contribution in [0.4, 0.5) is 0 Å². The van der Waals surface area contributed by atoms with Crippen molar-refractivity contribution in [1.29, 1.82) is 0 Å². The maximum atomic E-state index is 13.0. The molecule has 0 aromatic carbocycles. The van der Waals surface area contributed by atoms with Crippen molar-refractivity contribution in [3.05, 3.63) is 11.6 Å². The third-order valence-electron chi connectivity index (χ3n) is 7.16. The summed E-state index contributed by atoms with van der Waals surface area (Å²) in [5, 5.41) is 11.0. The Balaban J connectivity index is 1.99. The Morgan fingerprint density at radius 3 is 2.52 bits per heavy atom. The van der Waals surface area contributed by atoms with Gasteiger partial charge in [-0.25, -0.2) is 0 Å². The van der Waals surface area contributed by atoms with E-state index in [1.54, 1.807) is 13.0 Å². The molecule has 4 rings (SSSR count). The van der Waals surface area contributed by atoms with Crippen LogP contribution in [0.15, 0.2) is 11.6 Å². The summed E-state index contributed by atoms with van der Waals surface area (Å²) < 4.78 is 5.40. The van der Waals surface area contributed by atoms with Gasteiger partial charge in [0.05, 0.1) is 22.9 Å². The number of hydrogen-bond acceptors (Lipinski definition) is 5. The van der Waals surface area contributed by atoms with Gasteiger partial charge in [0.15, 0.2) is 5.78 Å². The molecule has 8 atom stereocenters. The van der Waals surface area contributed by atoms with Crippen LogP contribution in [0.25, 0.3) is 0 Å². The predicted molar refractivity (Wildman–Crippen MR) is 80.1 cm³/mol. The molecule has 5 heteroatoms.